The van der Waals surface area contributed by atoms with Crippen LogP contribution in [0.5, 0.6) is 0 Å². The molecule has 1 aliphatic rings. The fourth-order valence-electron chi connectivity index (χ4n) is 4.28. The number of fused-ring (bicyclic) bond motifs is 2. The first-order chi connectivity index (χ1) is 14.9. The number of carbonyl (C=O) groups excluding carboxylic acids is 2. The van der Waals surface area contributed by atoms with Gasteiger partial charge >= 0.3 is 12.1 Å². The molecule has 7 heteroatoms. The van der Waals surface area contributed by atoms with Crippen molar-refractivity contribution >= 4 is 23.1 Å². The lowest BCUT2D eigenvalue weighted by Gasteiger charge is -2.34. The molecule has 2 aromatic heterocycles. The third-order valence-electron chi connectivity index (χ3n) is 5.98. The maximum absolute atomic E-state index is 12.6. The van der Waals surface area contributed by atoms with Crippen molar-refractivity contribution in [3.8, 4) is 0 Å². The molecule has 2 N–H and O–H groups in total. The second-order valence-electron chi connectivity index (χ2n) is 10.7. The lowest BCUT2D eigenvalue weighted by Crippen LogP contribution is -2.33. The molecule has 0 aromatic carbocycles. The van der Waals surface area contributed by atoms with Gasteiger partial charge in [0.15, 0.2) is 0 Å². The van der Waals surface area contributed by atoms with Gasteiger partial charge in [-0.05, 0) is 76.3 Å². The number of alkyl carbamates (subject to hydrolysis) is 1. The Kier molecular flexibility index (Phi) is 6.86. The van der Waals surface area contributed by atoms with Gasteiger partial charge in [0.2, 0.25) is 0 Å². The van der Waals surface area contributed by atoms with E-state index in [4.69, 9.17) is 14.5 Å². The lowest BCUT2D eigenvalue weighted by molar-refractivity contribution is 0.0517. The number of nitrogens with zero attached hydrogens (tertiary/aromatic N) is 1. The Balaban J connectivity index is 1.89. The van der Waals surface area contributed by atoms with E-state index < -0.39 is 17.7 Å². The van der Waals surface area contributed by atoms with E-state index in [2.05, 4.69) is 37.1 Å². The van der Waals surface area contributed by atoms with Crippen molar-refractivity contribution in [2.24, 2.45) is 11.3 Å². The summed E-state index contributed by atoms with van der Waals surface area (Å²) in [5.74, 6) is 0.203. The van der Waals surface area contributed by atoms with Gasteiger partial charge in [0.1, 0.15) is 11.3 Å². The van der Waals surface area contributed by atoms with E-state index in [0.717, 1.165) is 41.6 Å². The molecule has 7 nitrogen and oxygen atoms in total. The minimum atomic E-state index is -0.563. The number of H-pyrrole nitrogens is 1. The molecule has 0 aliphatic heterocycles. The zero-order valence-electron chi connectivity index (χ0n) is 20.5. The van der Waals surface area contributed by atoms with Crippen molar-refractivity contribution in [2.45, 2.75) is 79.8 Å². The summed E-state index contributed by atoms with van der Waals surface area (Å²) in [5, 5.41) is 2.77. The third kappa shape index (κ3) is 5.61. The summed E-state index contributed by atoms with van der Waals surface area (Å²) in [4.78, 5) is 32.9. The first-order valence-corrected chi connectivity index (χ1v) is 11.6. The van der Waals surface area contributed by atoms with Gasteiger partial charge in [0, 0.05) is 17.8 Å². The second kappa shape index (κ2) is 9.12. The summed E-state index contributed by atoms with van der Waals surface area (Å²) in [5.41, 5.74) is 4.85. The van der Waals surface area contributed by atoms with E-state index in [1.54, 1.807) is 6.92 Å². The summed E-state index contributed by atoms with van der Waals surface area (Å²) in [7, 11) is 0. The first-order valence-electron chi connectivity index (χ1n) is 11.6. The summed E-state index contributed by atoms with van der Waals surface area (Å²) >= 11 is 0. The number of amides is 1. The molecule has 32 heavy (non-hydrogen) atoms. The molecule has 0 saturated carbocycles. The van der Waals surface area contributed by atoms with Crippen molar-refractivity contribution in [1.82, 2.24) is 15.3 Å². The number of pyridine rings is 1. The van der Waals surface area contributed by atoms with Crippen LogP contribution in [-0.4, -0.2) is 40.8 Å². The number of hydrogen-bond donors (Lipinski definition) is 2. The molecule has 2 aromatic rings. The number of rotatable bonds is 5. The maximum atomic E-state index is 12.6. The Bertz CT molecular complexity index is 995. The highest BCUT2D eigenvalue weighted by Crippen LogP contribution is 2.38. The second-order valence-corrected chi connectivity index (χ2v) is 10.7. The van der Waals surface area contributed by atoms with Crippen LogP contribution in [0.3, 0.4) is 0 Å². The Morgan fingerprint density at radius 1 is 1.22 bits per heavy atom. The number of aromatic amines is 1. The van der Waals surface area contributed by atoms with Crippen molar-refractivity contribution in [3.63, 3.8) is 0 Å². The van der Waals surface area contributed by atoms with E-state index in [1.165, 1.54) is 5.56 Å². The number of carbonyl (C=O) groups is 2. The predicted octanol–water partition coefficient (Wildman–Crippen LogP) is 4.96. The van der Waals surface area contributed by atoms with Gasteiger partial charge in [-0.3, -0.25) is 4.98 Å². The van der Waals surface area contributed by atoms with Crippen LogP contribution in [0.25, 0.3) is 11.0 Å². The number of aromatic nitrogens is 2. The standard InChI is InChI=1S/C25H37N3O4/c1-8-31-22(29)21-17(11-12-26-23(30)32-25(5,6)7)20-19(28-21)14-15-13-16(24(2,3)4)9-10-18(15)27-20/h14,16,28H,8-13H2,1-7H3,(H,26,30). The zero-order valence-corrected chi connectivity index (χ0v) is 20.5. The Hall–Kier alpha value is -2.57. The maximum Gasteiger partial charge on any atom is 0.407 e. The molecule has 0 saturated heterocycles. The van der Waals surface area contributed by atoms with Crippen molar-refractivity contribution in [3.05, 3.63) is 28.6 Å². The topological polar surface area (TPSA) is 93.3 Å². The SMILES string of the molecule is CCOC(=O)c1[nH]c2cc3c(nc2c1CCNC(=O)OC(C)(C)C)CCC(C(C)(C)C)C3. The third-order valence-corrected chi connectivity index (χ3v) is 5.98. The number of ether oxygens (including phenoxy) is 2. The van der Waals surface area contributed by atoms with Crippen LogP contribution in [0, 0.1) is 11.3 Å². The summed E-state index contributed by atoms with van der Waals surface area (Å²) in [6.45, 7) is 14.7. The number of hydrogen-bond acceptors (Lipinski definition) is 5. The average molecular weight is 444 g/mol. The Morgan fingerprint density at radius 2 is 1.94 bits per heavy atom. The smallest absolute Gasteiger partial charge is 0.407 e. The highest BCUT2D eigenvalue weighted by molar-refractivity contribution is 5.97. The van der Waals surface area contributed by atoms with E-state index in [-0.39, 0.29) is 5.41 Å². The van der Waals surface area contributed by atoms with Crippen LogP contribution in [0.1, 0.15) is 82.2 Å². The van der Waals surface area contributed by atoms with Gasteiger partial charge in [-0.15, -0.1) is 0 Å². The highest BCUT2D eigenvalue weighted by Gasteiger charge is 2.30. The minimum absolute atomic E-state index is 0.247. The molecule has 1 amide bonds. The van der Waals surface area contributed by atoms with Crippen LogP contribution in [0.2, 0.25) is 0 Å². The largest absolute Gasteiger partial charge is 0.461 e. The van der Waals surface area contributed by atoms with E-state index in [9.17, 15) is 9.59 Å². The molecule has 0 bridgehead atoms. The molecule has 0 fully saturated rings. The summed E-state index contributed by atoms with van der Waals surface area (Å²) in [6, 6.07) is 2.14. The van der Waals surface area contributed by atoms with Crippen molar-refractivity contribution < 1.29 is 19.1 Å². The van der Waals surface area contributed by atoms with Gasteiger partial charge in [-0.1, -0.05) is 20.8 Å². The van der Waals surface area contributed by atoms with Gasteiger partial charge in [-0.25, -0.2) is 9.59 Å². The van der Waals surface area contributed by atoms with Crippen molar-refractivity contribution in [1.29, 1.82) is 0 Å². The average Bonchev–Trinajstić information content (AvgIpc) is 3.01. The van der Waals surface area contributed by atoms with Crippen LogP contribution in [0.4, 0.5) is 4.79 Å². The fraction of sp³-hybridized carbons (Fsp3) is 0.640. The van der Waals surface area contributed by atoms with Crippen LogP contribution < -0.4 is 5.32 Å². The molecular formula is C25H37N3O4. The molecule has 1 atom stereocenters. The summed E-state index contributed by atoms with van der Waals surface area (Å²) < 4.78 is 10.6. The Labute approximate surface area is 190 Å². The summed E-state index contributed by atoms with van der Waals surface area (Å²) in [6.07, 6.45) is 3.01. The van der Waals surface area contributed by atoms with Crippen LogP contribution >= 0.6 is 0 Å². The monoisotopic (exact) mass is 443 g/mol. The zero-order chi connectivity index (χ0) is 23.7. The predicted molar refractivity (Wildman–Crippen MR) is 125 cm³/mol. The first kappa shape index (κ1) is 24.1. The minimum Gasteiger partial charge on any atom is -0.461 e. The number of nitrogens with one attached hydrogen (secondary N) is 2. The van der Waals surface area contributed by atoms with Crippen LogP contribution in [0.15, 0.2) is 6.07 Å². The van der Waals surface area contributed by atoms with Crippen LogP contribution in [-0.2, 0) is 28.7 Å². The van der Waals surface area contributed by atoms with Gasteiger partial charge in [0.05, 0.1) is 17.6 Å². The Morgan fingerprint density at radius 3 is 2.56 bits per heavy atom. The normalized spacial score (nSPS) is 16.5. The molecule has 2 heterocycles. The van der Waals surface area contributed by atoms with E-state index >= 15 is 0 Å². The van der Waals surface area contributed by atoms with Crippen molar-refractivity contribution in [2.75, 3.05) is 13.2 Å². The van der Waals surface area contributed by atoms with Gasteiger partial charge < -0.3 is 19.8 Å². The number of aryl methyl sites for hydroxylation is 1. The van der Waals surface area contributed by atoms with Gasteiger partial charge in [0.25, 0.3) is 0 Å². The van der Waals surface area contributed by atoms with E-state index in [0.29, 0.717) is 31.2 Å². The highest BCUT2D eigenvalue weighted by atomic mass is 16.6. The number of esters is 1. The molecule has 1 unspecified atom stereocenters. The molecule has 176 valence electrons. The molecule has 1 aliphatic carbocycles. The molecule has 0 spiro atoms. The van der Waals surface area contributed by atoms with Gasteiger partial charge in [-0.2, -0.15) is 0 Å². The molecule has 0 radical (unpaired) electrons. The quantitative estimate of drug-likeness (QED) is 0.637. The van der Waals surface area contributed by atoms with E-state index in [1.807, 2.05) is 20.8 Å². The molecular weight excluding hydrogens is 406 g/mol. The molecule has 3 rings (SSSR count). The lowest BCUT2D eigenvalue weighted by atomic mass is 9.71. The fourth-order valence-corrected chi connectivity index (χ4v) is 4.28.